The second-order valence-electron chi connectivity index (χ2n) is 6.42. The van der Waals surface area contributed by atoms with E-state index in [1.807, 2.05) is 39.0 Å². The first-order valence-corrected chi connectivity index (χ1v) is 8.01. The third kappa shape index (κ3) is 8.62. The maximum absolute atomic E-state index is 11.7. The minimum Gasteiger partial charge on any atom is -0.444 e. The van der Waals surface area contributed by atoms with Gasteiger partial charge in [-0.3, -0.25) is 4.98 Å². The van der Waals surface area contributed by atoms with Gasteiger partial charge in [0.05, 0.1) is 5.69 Å². The molecule has 0 spiro atoms. The summed E-state index contributed by atoms with van der Waals surface area (Å²) < 4.78 is 5.27. The molecule has 22 heavy (non-hydrogen) atoms. The number of nitrogens with zero attached hydrogens (tertiary/aromatic N) is 1. The molecule has 1 amide bonds. The average Bonchev–Trinajstić information content (AvgIpc) is 2.45. The fourth-order valence-corrected chi connectivity index (χ4v) is 2.00. The smallest absolute Gasteiger partial charge is 0.407 e. The van der Waals surface area contributed by atoms with Crippen LogP contribution in [0.4, 0.5) is 4.79 Å². The molecule has 0 saturated heterocycles. The lowest BCUT2D eigenvalue weighted by molar-refractivity contribution is 0.0521. The lowest BCUT2D eigenvalue weighted by Crippen LogP contribution is -2.42. The molecule has 0 aliphatic heterocycles. The van der Waals surface area contributed by atoms with Crippen molar-refractivity contribution in [1.82, 2.24) is 15.6 Å². The van der Waals surface area contributed by atoms with Gasteiger partial charge in [0.25, 0.3) is 0 Å². The molecular formula is C17H29N3O2. The number of alkyl carbamates (subject to hydrolysis) is 1. The van der Waals surface area contributed by atoms with Gasteiger partial charge in [-0.1, -0.05) is 25.8 Å². The zero-order valence-electron chi connectivity index (χ0n) is 14.2. The van der Waals surface area contributed by atoms with Gasteiger partial charge in [-0.15, -0.1) is 0 Å². The second-order valence-corrected chi connectivity index (χ2v) is 6.42. The van der Waals surface area contributed by atoms with Crippen molar-refractivity contribution in [2.24, 2.45) is 0 Å². The van der Waals surface area contributed by atoms with Gasteiger partial charge in [-0.25, -0.2) is 4.79 Å². The van der Waals surface area contributed by atoms with Crippen LogP contribution in [0.5, 0.6) is 0 Å². The number of hydrogen-bond donors (Lipinski definition) is 2. The molecule has 5 heteroatoms. The normalized spacial score (nSPS) is 12.7. The van der Waals surface area contributed by atoms with Crippen molar-refractivity contribution in [2.75, 3.05) is 6.54 Å². The Balaban J connectivity index is 2.41. The number of ether oxygens (including phenoxy) is 1. The van der Waals surface area contributed by atoms with Gasteiger partial charge in [0.2, 0.25) is 0 Å². The maximum atomic E-state index is 11.7. The Hall–Kier alpha value is -1.62. The van der Waals surface area contributed by atoms with E-state index >= 15 is 0 Å². The van der Waals surface area contributed by atoms with Crippen molar-refractivity contribution in [1.29, 1.82) is 0 Å². The summed E-state index contributed by atoms with van der Waals surface area (Å²) in [6, 6.07) is 6.09. The van der Waals surface area contributed by atoms with E-state index in [0.29, 0.717) is 13.1 Å². The first-order valence-electron chi connectivity index (χ1n) is 8.01. The van der Waals surface area contributed by atoms with Crippen LogP contribution < -0.4 is 10.6 Å². The van der Waals surface area contributed by atoms with Crippen LogP contribution in [0.15, 0.2) is 24.4 Å². The summed E-state index contributed by atoms with van der Waals surface area (Å²) in [5, 5.41) is 6.30. The molecule has 1 unspecified atom stereocenters. The molecule has 0 aliphatic carbocycles. The topological polar surface area (TPSA) is 63.2 Å². The summed E-state index contributed by atoms with van der Waals surface area (Å²) >= 11 is 0. The zero-order chi connectivity index (χ0) is 16.4. The highest BCUT2D eigenvalue weighted by atomic mass is 16.6. The Bertz CT molecular complexity index is 429. The van der Waals surface area contributed by atoms with E-state index in [1.165, 1.54) is 0 Å². The number of aromatic nitrogens is 1. The van der Waals surface area contributed by atoms with Crippen LogP contribution in [-0.4, -0.2) is 29.3 Å². The minimum atomic E-state index is -0.468. The number of unbranched alkanes of at least 4 members (excludes halogenated alkanes) is 1. The van der Waals surface area contributed by atoms with Crippen molar-refractivity contribution >= 4 is 6.09 Å². The van der Waals surface area contributed by atoms with Gasteiger partial charge in [0.15, 0.2) is 0 Å². The number of nitrogens with one attached hydrogen (secondary N) is 2. The zero-order valence-corrected chi connectivity index (χ0v) is 14.2. The van der Waals surface area contributed by atoms with Crippen LogP contribution in [0.2, 0.25) is 0 Å². The Labute approximate surface area is 133 Å². The van der Waals surface area contributed by atoms with Gasteiger partial charge in [0.1, 0.15) is 5.60 Å². The van der Waals surface area contributed by atoms with E-state index in [4.69, 9.17) is 4.74 Å². The van der Waals surface area contributed by atoms with Crippen molar-refractivity contribution in [3.05, 3.63) is 30.1 Å². The Morgan fingerprint density at radius 3 is 2.73 bits per heavy atom. The van der Waals surface area contributed by atoms with Crippen LogP contribution in [0, 0.1) is 0 Å². The molecule has 0 fully saturated rings. The number of pyridine rings is 1. The largest absolute Gasteiger partial charge is 0.444 e. The fraction of sp³-hybridized carbons (Fsp3) is 0.647. The highest BCUT2D eigenvalue weighted by Crippen LogP contribution is 2.07. The number of carbonyl (C=O) groups excluding carboxylic acids is 1. The molecule has 2 N–H and O–H groups in total. The van der Waals surface area contributed by atoms with E-state index in [0.717, 1.165) is 25.0 Å². The van der Waals surface area contributed by atoms with Gasteiger partial charge < -0.3 is 15.4 Å². The fourth-order valence-electron chi connectivity index (χ4n) is 2.00. The summed E-state index contributed by atoms with van der Waals surface area (Å²) in [5.74, 6) is 0. The molecule has 5 nitrogen and oxygen atoms in total. The number of rotatable bonds is 8. The Morgan fingerprint density at radius 1 is 1.36 bits per heavy atom. The molecule has 0 radical (unpaired) electrons. The molecule has 0 aromatic carbocycles. The predicted octanol–water partition coefficient (Wildman–Crippen LogP) is 3.25. The summed E-state index contributed by atoms with van der Waals surface area (Å²) in [6.07, 6.45) is 4.69. The lowest BCUT2D eigenvalue weighted by atomic mass is 10.1. The third-order valence-electron chi connectivity index (χ3n) is 3.10. The molecule has 1 aromatic rings. The summed E-state index contributed by atoms with van der Waals surface area (Å²) in [5.41, 5.74) is 0.533. The van der Waals surface area contributed by atoms with Gasteiger partial charge in [0, 0.05) is 25.3 Å². The molecule has 1 rings (SSSR count). The second kappa shape index (κ2) is 9.41. The van der Waals surface area contributed by atoms with Crippen LogP contribution in [-0.2, 0) is 11.3 Å². The third-order valence-corrected chi connectivity index (χ3v) is 3.10. The lowest BCUT2D eigenvalue weighted by Gasteiger charge is -2.22. The summed E-state index contributed by atoms with van der Waals surface area (Å²) in [6.45, 7) is 9.01. The molecule has 1 heterocycles. The molecule has 0 aliphatic rings. The highest BCUT2D eigenvalue weighted by molar-refractivity contribution is 5.67. The molecule has 0 bridgehead atoms. The molecule has 0 saturated carbocycles. The average molecular weight is 307 g/mol. The van der Waals surface area contributed by atoms with Gasteiger partial charge in [-0.2, -0.15) is 0 Å². The van der Waals surface area contributed by atoms with E-state index in [9.17, 15) is 4.79 Å². The van der Waals surface area contributed by atoms with Crippen LogP contribution >= 0.6 is 0 Å². The highest BCUT2D eigenvalue weighted by Gasteiger charge is 2.17. The van der Waals surface area contributed by atoms with E-state index < -0.39 is 5.60 Å². The van der Waals surface area contributed by atoms with Crippen LogP contribution in [0.1, 0.15) is 52.7 Å². The standard InChI is InChI=1S/C17H29N3O2/c1-5-6-9-15(13-20-16(21)22-17(2,3)4)19-12-14-10-7-8-11-18-14/h7-8,10-11,15,19H,5-6,9,12-13H2,1-4H3,(H,20,21). The number of amides is 1. The van der Waals surface area contributed by atoms with Gasteiger partial charge >= 0.3 is 6.09 Å². The monoisotopic (exact) mass is 307 g/mol. The van der Waals surface area contributed by atoms with Crippen molar-refractivity contribution in [3.8, 4) is 0 Å². The number of carbonyl (C=O) groups is 1. The van der Waals surface area contributed by atoms with Crippen molar-refractivity contribution in [2.45, 2.75) is 65.1 Å². The first kappa shape index (κ1) is 18.4. The number of hydrogen-bond acceptors (Lipinski definition) is 4. The van der Waals surface area contributed by atoms with Crippen molar-refractivity contribution < 1.29 is 9.53 Å². The Kier molecular flexibility index (Phi) is 7.88. The van der Waals surface area contributed by atoms with E-state index in [1.54, 1.807) is 6.20 Å². The van der Waals surface area contributed by atoms with Crippen molar-refractivity contribution in [3.63, 3.8) is 0 Å². The summed E-state index contributed by atoms with van der Waals surface area (Å²) in [4.78, 5) is 16.0. The SMILES string of the molecule is CCCCC(CNC(=O)OC(C)(C)C)NCc1ccccn1. The minimum absolute atomic E-state index is 0.217. The quantitative estimate of drug-likeness (QED) is 0.774. The van der Waals surface area contributed by atoms with Gasteiger partial charge in [-0.05, 0) is 39.3 Å². The van der Waals surface area contributed by atoms with E-state index in [-0.39, 0.29) is 12.1 Å². The molecule has 1 aromatic heterocycles. The van der Waals surface area contributed by atoms with Crippen LogP contribution in [0.25, 0.3) is 0 Å². The van der Waals surface area contributed by atoms with E-state index in [2.05, 4.69) is 22.5 Å². The predicted molar refractivity (Wildman–Crippen MR) is 88.6 cm³/mol. The maximum Gasteiger partial charge on any atom is 0.407 e. The first-order chi connectivity index (χ1) is 10.4. The molecule has 124 valence electrons. The molecule has 1 atom stereocenters. The Morgan fingerprint density at radius 2 is 2.14 bits per heavy atom. The van der Waals surface area contributed by atoms with Crippen LogP contribution in [0.3, 0.4) is 0 Å². The summed E-state index contributed by atoms with van der Waals surface area (Å²) in [7, 11) is 0. The molecular weight excluding hydrogens is 278 g/mol.